The minimum absolute atomic E-state index is 0.187. The van der Waals surface area contributed by atoms with Gasteiger partial charge in [-0.25, -0.2) is 9.78 Å². The number of para-hydroxylation sites is 1. The number of carbonyl (C=O) groups excluding carboxylic acids is 1. The summed E-state index contributed by atoms with van der Waals surface area (Å²) in [5, 5.41) is 8.12. The third kappa shape index (κ3) is 3.27. The van der Waals surface area contributed by atoms with Crippen LogP contribution in [0.1, 0.15) is 26.3 Å². The zero-order valence-corrected chi connectivity index (χ0v) is 15.2. The zero-order valence-electron chi connectivity index (χ0n) is 15.2. The van der Waals surface area contributed by atoms with Gasteiger partial charge in [-0.05, 0) is 39.1 Å². The number of alkyl carbamates (subject to hydrolysis) is 1. The Morgan fingerprint density at radius 2 is 2.15 bits per heavy atom. The van der Waals surface area contributed by atoms with Crippen LogP contribution in [0.2, 0.25) is 0 Å². The maximum atomic E-state index is 11.7. The van der Waals surface area contributed by atoms with Crippen LogP contribution in [-0.4, -0.2) is 32.7 Å². The third-order valence-corrected chi connectivity index (χ3v) is 3.74. The summed E-state index contributed by atoms with van der Waals surface area (Å²) < 4.78 is 8.78. The number of carbonyl (C=O) groups is 1. The second-order valence-corrected chi connectivity index (χ2v) is 6.97. The van der Waals surface area contributed by atoms with Crippen LogP contribution in [0.5, 0.6) is 0 Å². The Labute approximate surface area is 155 Å². The van der Waals surface area contributed by atoms with Crippen molar-refractivity contribution in [3.8, 4) is 11.8 Å². The van der Waals surface area contributed by atoms with Crippen molar-refractivity contribution < 1.29 is 14.2 Å². The van der Waals surface area contributed by atoms with Crippen molar-refractivity contribution in [1.29, 1.82) is 0 Å². The molecule has 0 fully saturated rings. The van der Waals surface area contributed by atoms with E-state index in [0.717, 1.165) is 16.5 Å². The molecule has 8 heteroatoms. The summed E-state index contributed by atoms with van der Waals surface area (Å²) in [4.78, 5) is 20.3. The molecule has 0 saturated heterocycles. The van der Waals surface area contributed by atoms with E-state index in [2.05, 4.69) is 32.2 Å². The van der Waals surface area contributed by atoms with E-state index in [0.29, 0.717) is 11.3 Å². The van der Waals surface area contributed by atoms with Crippen molar-refractivity contribution in [1.82, 2.24) is 24.9 Å². The van der Waals surface area contributed by atoms with Crippen LogP contribution in [0.4, 0.5) is 4.79 Å². The predicted octanol–water partition coefficient (Wildman–Crippen LogP) is 1.45. The minimum atomic E-state index is -0.536. The smallest absolute Gasteiger partial charge is 0.408 e. The van der Waals surface area contributed by atoms with Crippen LogP contribution in [0.25, 0.3) is 22.2 Å². The first-order chi connectivity index (χ1) is 12.9. The van der Waals surface area contributed by atoms with E-state index < -0.39 is 11.7 Å². The molecule has 0 aliphatic heterocycles. The summed E-state index contributed by atoms with van der Waals surface area (Å²) in [7, 11) is 0. The standard InChI is InChI=1S/C19H18N6O2/c1-19(2,3)27-18(26)22-9-5-8-13-6-4-7-14-12-24-17-16(20-10-11-21-17)23-25(24)15(13)14/h4,6-7,10-12H,9H2,1-3H3,(H,22,26). The van der Waals surface area contributed by atoms with Gasteiger partial charge in [0.2, 0.25) is 0 Å². The fourth-order valence-electron chi connectivity index (χ4n) is 2.75. The number of rotatable bonds is 1. The van der Waals surface area contributed by atoms with E-state index in [-0.39, 0.29) is 6.54 Å². The number of hydrogen-bond donors (Lipinski definition) is 1. The molecule has 136 valence electrons. The summed E-state index contributed by atoms with van der Waals surface area (Å²) in [6.07, 6.45) is 4.71. The number of nitrogens with zero attached hydrogens (tertiary/aromatic N) is 5. The van der Waals surface area contributed by atoms with Crippen molar-refractivity contribution >= 4 is 28.3 Å². The zero-order chi connectivity index (χ0) is 19.0. The highest BCUT2D eigenvalue weighted by atomic mass is 16.6. The lowest BCUT2D eigenvalue weighted by atomic mass is 10.1. The molecule has 0 radical (unpaired) electrons. The van der Waals surface area contributed by atoms with E-state index in [1.54, 1.807) is 17.0 Å². The molecular formula is C19H18N6O2. The van der Waals surface area contributed by atoms with E-state index in [1.165, 1.54) is 0 Å². The SMILES string of the molecule is CC(C)(C)OC(=O)NCC#Cc1cccc2cn3c4nccnc4[n-][n+]3c12. The van der Waals surface area contributed by atoms with Gasteiger partial charge in [-0.1, -0.05) is 22.5 Å². The summed E-state index contributed by atoms with van der Waals surface area (Å²) in [6.45, 7) is 5.63. The Morgan fingerprint density at radius 1 is 1.33 bits per heavy atom. The molecule has 0 unspecified atom stereocenters. The van der Waals surface area contributed by atoms with Crippen molar-refractivity contribution in [3.05, 3.63) is 42.4 Å². The predicted molar refractivity (Wildman–Crippen MR) is 98.1 cm³/mol. The molecule has 8 nitrogen and oxygen atoms in total. The molecule has 0 atom stereocenters. The molecule has 0 aliphatic rings. The summed E-state index contributed by atoms with van der Waals surface area (Å²) in [5.74, 6) is 6.05. The third-order valence-electron chi connectivity index (χ3n) is 3.74. The average Bonchev–Trinajstić information content (AvgIpc) is 3.13. The first kappa shape index (κ1) is 16.8. The number of aromatic nitrogens is 5. The molecule has 0 aliphatic carbocycles. The van der Waals surface area contributed by atoms with Crippen molar-refractivity contribution in [2.45, 2.75) is 26.4 Å². The first-order valence-corrected chi connectivity index (χ1v) is 8.48. The van der Waals surface area contributed by atoms with Crippen LogP contribution < -0.4 is 15.0 Å². The van der Waals surface area contributed by atoms with E-state index in [1.807, 2.05) is 49.7 Å². The van der Waals surface area contributed by atoms with Crippen LogP contribution in [0.15, 0.2) is 36.8 Å². The normalized spacial score (nSPS) is 11.5. The lowest BCUT2D eigenvalue weighted by Crippen LogP contribution is -2.32. The van der Waals surface area contributed by atoms with Crippen molar-refractivity contribution in [2.75, 3.05) is 6.54 Å². The number of fused-ring (bicyclic) bond motifs is 5. The first-order valence-electron chi connectivity index (χ1n) is 8.48. The maximum Gasteiger partial charge on any atom is 0.408 e. The molecular weight excluding hydrogens is 344 g/mol. The van der Waals surface area contributed by atoms with Gasteiger partial charge in [-0.2, -0.15) is 4.52 Å². The van der Waals surface area contributed by atoms with Gasteiger partial charge in [0.25, 0.3) is 5.52 Å². The van der Waals surface area contributed by atoms with Crippen LogP contribution in [0.3, 0.4) is 0 Å². The number of benzene rings is 1. The van der Waals surface area contributed by atoms with Crippen LogP contribution in [-0.2, 0) is 4.74 Å². The average molecular weight is 362 g/mol. The molecule has 0 saturated carbocycles. The van der Waals surface area contributed by atoms with Crippen LogP contribution in [0, 0.1) is 11.8 Å². The fourth-order valence-corrected chi connectivity index (χ4v) is 2.75. The topological polar surface area (TPSA) is 86.7 Å². The summed E-state index contributed by atoms with van der Waals surface area (Å²) in [6, 6.07) is 5.83. The Morgan fingerprint density at radius 3 is 2.96 bits per heavy atom. The van der Waals surface area contributed by atoms with Gasteiger partial charge in [0.1, 0.15) is 11.2 Å². The molecule has 1 amide bonds. The van der Waals surface area contributed by atoms with E-state index >= 15 is 0 Å². The molecule has 3 heterocycles. The van der Waals surface area contributed by atoms with Gasteiger partial charge in [-0.3, -0.25) is 0 Å². The molecule has 4 rings (SSSR count). The van der Waals surface area contributed by atoms with E-state index in [4.69, 9.17) is 4.74 Å². The summed E-state index contributed by atoms with van der Waals surface area (Å²) >= 11 is 0. The molecule has 27 heavy (non-hydrogen) atoms. The number of hydrogen-bond acceptors (Lipinski definition) is 4. The second-order valence-electron chi connectivity index (χ2n) is 6.97. The Bertz CT molecular complexity index is 1220. The highest BCUT2D eigenvalue weighted by Crippen LogP contribution is 2.16. The lowest BCUT2D eigenvalue weighted by Gasteiger charge is -2.18. The number of amides is 1. The van der Waals surface area contributed by atoms with E-state index in [9.17, 15) is 4.79 Å². The van der Waals surface area contributed by atoms with Gasteiger partial charge >= 0.3 is 6.09 Å². The quantitative estimate of drug-likeness (QED) is 0.409. The minimum Gasteiger partial charge on any atom is -0.444 e. The molecule has 4 aromatic rings. The van der Waals surface area contributed by atoms with Gasteiger partial charge in [0.05, 0.1) is 17.5 Å². The van der Waals surface area contributed by atoms with Gasteiger partial charge in [-0.15, -0.1) is 5.10 Å². The highest BCUT2D eigenvalue weighted by molar-refractivity contribution is 5.82. The molecule has 1 aromatic carbocycles. The molecule has 0 spiro atoms. The van der Waals surface area contributed by atoms with Gasteiger partial charge < -0.3 is 15.0 Å². The fraction of sp³-hybridized carbons (Fsp3) is 0.263. The summed E-state index contributed by atoms with van der Waals surface area (Å²) in [5.41, 5.74) is 2.37. The number of nitrogens with one attached hydrogen (secondary N) is 1. The highest BCUT2D eigenvalue weighted by Gasteiger charge is 2.17. The van der Waals surface area contributed by atoms with Crippen molar-refractivity contribution in [2.24, 2.45) is 0 Å². The maximum absolute atomic E-state index is 11.7. The van der Waals surface area contributed by atoms with Gasteiger partial charge in [0.15, 0.2) is 5.65 Å². The Kier molecular flexibility index (Phi) is 3.92. The Balaban J connectivity index is 1.65. The number of ether oxygens (including phenoxy) is 1. The largest absolute Gasteiger partial charge is 0.444 e. The Hall–Kier alpha value is -3.60. The second kappa shape index (κ2) is 6.29. The molecule has 0 bridgehead atoms. The van der Waals surface area contributed by atoms with Crippen LogP contribution >= 0.6 is 0 Å². The van der Waals surface area contributed by atoms with Gasteiger partial charge in [0, 0.05) is 12.4 Å². The lowest BCUT2D eigenvalue weighted by molar-refractivity contribution is -0.650. The molecule has 1 N–H and O–H groups in total. The monoisotopic (exact) mass is 362 g/mol. The van der Waals surface area contributed by atoms with Crippen molar-refractivity contribution in [3.63, 3.8) is 0 Å². The molecule has 3 aromatic heterocycles.